The third kappa shape index (κ3) is 4.86. The fraction of sp³-hybridized carbons (Fsp3) is 0.273. The predicted molar refractivity (Wildman–Crippen MR) is 123 cm³/mol. The lowest BCUT2D eigenvalue weighted by molar-refractivity contribution is -0.113. The number of nitrogens with one attached hydrogen (secondary N) is 1. The second-order valence-electron chi connectivity index (χ2n) is 7.26. The van der Waals surface area contributed by atoms with Gasteiger partial charge in [-0.05, 0) is 37.1 Å². The number of carbonyl (C=O) groups is 1. The number of carbonyl (C=O) groups excluding carboxylic acids is 1. The van der Waals surface area contributed by atoms with Crippen LogP contribution in [0.15, 0.2) is 53.7 Å². The summed E-state index contributed by atoms with van der Waals surface area (Å²) >= 11 is 1.36. The molecule has 10 heteroatoms. The van der Waals surface area contributed by atoms with Crippen molar-refractivity contribution in [2.75, 3.05) is 11.1 Å². The molecule has 0 aliphatic carbocycles. The molecule has 0 aliphatic rings. The summed E-state index contributed by atoms with van der Waals surface area (Å²) in [5, 5.41) is 24.9. The highest BCUT2D eigenvalue weighted by molar-refractivity contribution is 7.99. The van der Waals surface area contributed by atoms with Crippen molar-refractivity contribution in [3.63, 3.8) is 0 Å². The summed E-state index contributed by atoms with van der Waals surface area (Å²) in [4.78, 5) is 14.0. The lowest BCUT2D eigenvalue weighted by Gasteiger charge is -2.11. The first-order chi connectivity index (χ1) is 15.5. The van der Waals surface area contributed by atoms with Gasteiger partial charge in [-0.1, -0.05) is 60.3 Å². The summed E-state index contributed by atoms with van der Waals surface area (Å²) < 4.78 is 1.96. The van der Waals surface area contributed by atoms with Gasteiger partial charge < -0.3 is 9.88 Å². The monoisotopic (exact) mass is 448 g/mol. The molecule has 2 aromatic heterocycles. The van der Waals surface area contributed by atoms with Crippen LogP contribution in [0.4, 0.5) is 5.69 Å². The van der Waals surface area contributed by atoms with Gasteiger partial charge in [-0.2, -0.15) is 4.80 Å². The van der Waals surface area contributed by atoms with Crippen LogP contribution in [0.2, 0.25) is 0 Å². The Bertz CT molecular complexity index is 1200. The number of thioether (sulfide) groups is 1. The van der Waals surface area contributed by atoms with Crippen molar-refractivity contribution in [3.8, 4) is 11.4 Å². The van der Waals surface area contributed by atoms with E-state index in [9.17, 15) is 4.79 Å². The molecular weight excluding hydrogens is 424 g/mol. The molecule has 0 radical (unpaired) electrons. The average molecular weight is 449 g/mol. The van der Waals surface area contributed by atoms with Crippen LogP contribution in [0.5, 0.6) is 0 Å². The summed E-state index contributed by atoms with van der Waals surface area (Å²) in [6.45, 7) is 6.99. The van der Waals surface area contributed by atoms with E-state index in [4.69, 9.17) is 0 Å². The second kappa shape index (κ2) is 9.73. The molecule has 32 heavy (non-hydrogen) atoms. The molecule has 1 N–H and O–H groups in total. The van der Waals surface area contributed by atoms with Gasteiger partial charge in [-0.15, -0.1) is 20.4 Å². The number of rotatable bonds is 8. The fourth-order valence-electron chi connectivity index (χ4n) is 3.32. The van der Waals surface area contributed by atoms with E-state index in [2.05, 4.69) is 30.9 Å². The number of benzene rings is 2. The summed E-state index contributed by atoms with van der Waals surface area (Å²) in [6.07, 6.45) is 0. The van der Waals surface area contributed by atoms with Crippen molar-refractivity contribution in [2.24, 2.45) is 0 Å². The van der Waals surface area contributed by atoms with Crippen LogP contribution in [0, 0.1) is 13.8 Å². The van der Waals surface area contributed by atoms with Gasteiger partial charge in [0.2, 0.25) is 11.7 Å². The summed E-state index contributed by atoms with van der Waals surface area (Å²) in [5.41, 5.74) is 3.85. The van der Waals surface area contributed by atoms with Crippen molar-refractivity contribution in [1.29, 1.82) is 0 Å². The van der Waals surface area contributed by atoms with E-state index in [1.807, 2.05) is 73.9 Å². The van der Waals surface area contributed by atoms with Gasteiger partial charge in [0.05, 0.1) is 5.75 Å². The number of aryl methyl sites for hydroxylation is 2. The zero-order chi connectivity index (χ0) is 22.5. The van der Waals surface area contributed by atoms with Crippen molar-refractivity contribution in [1.82, 2.24) is 35.0 Å². The van der Waals surface area contributed by atoms with Crippen LogP contribution in [0.25, 0.3) is 11.4 Å². The van der Waals surface area contributed by atoms with E-state index in [1.54, 1.807) is 0 Å². The SMILES string of the molecule is CCn1c(Cn2nnc(-c3ccccc3)n2)nnc1SCC(=O)Nc1c(C)cccc1C. The molecule has 0 fully saturated rings. The largest absolute Gasteiger partial charge is 0.325 e. The molecule has 0 saturated carbocycles. The normalized spacial score (nSPS) is 11.0. The van der Waals surface area contributed by atoms with Crippen LogP contribution in [0.1, 0.15) is 23.9 Å². The molecule has 0 aliphatic heterocycles. The van der Waals surface area contributed by atoms with Gasteiger partial charge in [-0.3, -0.25) is 4.79 Å². The van der Waals surface area contributed by atoms with E-state index in [0.29, 0.717) is 29.9 Å². The molecule has 9 nitrogen and oxygen atoms in total. The first kappa shape index (κ1) is 21.7. The number of anilines is 1. The highest BCUT2D eigenvalue weighted by Gasteiger charge is 2.16. The Morgan fingerprint density at radius 3 is 2.47 bits per heavy atom. The minimum absolute atomic E-state index is 0.0787. The third-order valence-corrected chi connectivity index (χ3v) is 5.92. The van der Waals surface area contributed by atoms with Gasteiger partial charge >= 0.3 is 0 Å². The van der Waals surface area contributed by atoms with E-state index >= 15 is 0 Å². The Kier molecular flexibility index (Phi) is 6.60. The molecule has 2 aromatic carbocycles. The average Bonchev–Trinajstić information content (AvgIpc) is 3.42. The highest BCUT2D eigenvalue weighted by Crippen LogP contribution is 2.22. The maximum absolute atomic E-state index is 12.5. The Morgan fingerprint density at radius 2 is 1.75 bits per heavy atom. The van der Waals surface area contributed by atoms with Crippen molar-refractivity contribution in [2.45, 2.75) is 39.0 Å². The fourth-order valence-corrected chi connectivity index (χ4v) is 4.14. The van der Waals surface area contributed by atoms with Crippen LogP contribution in [0.3, 0.4) is 0 Å². The molecule has 4 aromatic rings. The standard InChI is InChI=1S/C22H24N8OS/c1-4-29-18(13-30-27-21(25-28-30)17-11-6-5-7-12-17)24-26-22(29)32-14-19(31)23-20-15(2)9-8-10-16(20)3/h5-12H,4,13-14H2,1-3H3,(H,23,31). The van der Waals surface area contributed by atoms with E-state index in [1.165, 1.54) is 16.6 Å². The Hall–Kier alpha value is -3.53. The summed E-state index contributed by atoms with van der Waals surface area (Å²) in [5.74, 6) is 1.43. The first-order valence-electron chi connectivity index (χ1n) is 10.3. The third-order valence-electron chi connectivity index (χ3n) is 4.96. The number of amides is 1. The van der Waals surface area contributed by atoms with Gasteiger partial charge in [0.15, 0.2) is 11.0 Å². The van der Waals surface area contributed by atoms with Gasteiger partial charge in [-0.25, -0.2) is 0 Å². The topological polar surface area (TPSA) is 103 Å². The highest BCUT2D eigenvalue weighted by atomic mass is 32.2. The predicted octanol–water partition coefficient (Wildman–Crippen LogP) is 3.35. The maximum Gasteiger partial charge on any atom is 0.234 e. The number of tetrazole rings is 1. The number of hydrogen-bond acceptors (Lipinski definition) is 7. The number of para-hydroxylation sites is 1. The van der Waals surface area contributed by atoms with Gasteiger partial charge in [0, 0.05) is 17.8 Å². The van der Waals surface area contributed by atoms with E-state index < -0.39 is 0 Å². The second-order valence-corrected chi connectivity index (χ2v) is 8.20. The molecule has 0 atom stereocenters. The molecule has 0 saturated heterocycles. The van der Waals surface area contributed by atoms with Crippen molar-refractivity contribution in [3.05, 3.63) is 65.5 Å². The quantitative estimate of drug-likeness (QED) is 0.412. The lowest BCUT2D eigenvalue weighted by atomic mass is 10.1. The van der Waals surface area contributed by atoms with Crippen LogP contribution < -0.4 is 5.32 Å². The summed E-state index contributed by atoms with van der Waals surface area (Å²) in [6, 6.07) is 15.6. The molecule has 164 valence electrons. The Balaban J connectivity index is 1.41. The Morgan fingerprint density at radius 1 is 1.00 bits per heavy atom. The summed E-state index contributed by atoms with van der Waals surface area (Å²) in [7, 11) is 0. The molecule has 0 bridgehead atoms. The minimum atomic E-state index is -0.0787. The molecule has 0 unspecified atom stereocenters. The van der Waals surface area contributed by atoms with Crippen LogP contribution in [-0.2, 0) is 17.9 Å². The van der Waals surface area contributed by atoms with E-state index in [0.717, 1.165) is 22.4 Å². The maximum atomic E-state index is 12.5. The molecule has 4 rings (SSSR count). The lowest BCUT2D eigenvalue weighted by Crippen LogP contribution is -2.16. The number of hydrogen-bond donors (Lipinski definition) is 1. The number of nitrogens with zero attached hydrogens (tertiary/aromatic N) is 7. The van der Waals surface area contributed by atoms with Crippen LogP contribution >= 0.6 is 11.8 Å². The molecule has 1 amide bonds. The molecular formula is C22H24N8OS. The van der Waals surface area contributed by atoms with Gasteiger partial charge in [0.25, 0.3) is 0 Å². The van der Waals surface area contributed by atoms with Crippen molar-refractivity contribution >= 4 is 23.4 Å². The zero-order valence-electron chi connectivity index (χ0n) is 18.2. The minimum Gasteiger partial charge on any atom is -0.325 e. The number of aromatic nitrogens is 7. The van der Waals surface area contributed by atoms with Crippen molar-refractivity contribution < 1.29 is 4.79 Å². The smallest absolute Gasteiger partial charge is 0.234 e. The Labute approximate surface area is 190 Å². The molecule has 0 spiro atoms. The van der Waals surface area contributed by atoms with Gasteiger partial charge in [0.1, 0.15) is 6.54 Å². The molecule has 2 heterocycles. The van der Waals surface area contributed by atoms with E-state index in [-0.39, 0.29) is 11.7 Å². The first-order valence-corrected chi connectivity index (χ1v) is 11.3. The van der Waals surface area contributed by atoms with Crippen LogP contribution in [-0.4, -0.2) is 46.6 Å². The zero-order valence-corrected chi connectivity index (χ0v) is 19.0.